The monoisotopic (exact) mass is 243 g/mol. The second-order valence-electron chi connectivity index (χ2n) is 6.05. The topological polar surface area (TPSA) is 3.01 Å². The quantitative estimate of drug-likeness (QED) is 0.709. The Balaban J connectivity index is 1.36. The fraction of sp³-hybridized carbons (Fsp3) is 0.647. The van der Waals surface area contributed by atoms with E-state index in [4.69, 9.17) is 0 Å². The van der Waals surface area contributed by atoms with Crippen molar-refractivity contribution in [3.05, 3.63) is 35.9 Å². The summed E-state index contributed by atoms with van der Waals surface area (Å²) in [5.41, 5.74) is 1.49. The standard InChI is InChI=1S/C17H25N/c1-3-8-15(9-4-1)10-7-13-18-14-17(18)16-11-5-2-6-12-16/h1,3-4,8-9,16-17H,2,5-7,10-14H2/t17-,18?/m1/s1. The van der Waals surface area contributed by atoms with E-state index < -0.39 is 0 Å². The van der Waals surface area contributed by atoms with Gasteiger partial charge in [0.1, 0.15) is 0 Å². The van der Waals surface area contributed by atoms with Crippen LogP contribution in [0.3, 0.4) is 0 Å². The van der Waals surface area contributed by atoms with E-state index >= 15 is 0 Å². The van der Waals surface area contributed by atoms with Gasteiger partial charge in [0.25, 0.3) is 0 Å². The Morgan fingerprint density at radius 3 is 2.56 bits per heavy atom. The van der Waals surface area contributed by atoms with Crippen molar-refractivity contribution in [1.82, 2.24) is 4.90 Å². The lowest BCUT2D eigenvalue weighted by molar-refractivity contribution is 0.310. The molecule has 0 aromatic heterocycles. The first kappa shape index (κ1) is 12.2. The average Bonchev–Trinajstić information content (AvgIpc) is 3.21. The first-order valence-electron chi connectivity index (χ1n) is 7.71. The van der Waals surface area contributed by atoms with E-state index in [1.807, 2.05) is 0 Å². The third-order valence-corrected chi connectivity index (χ3v) is 4.70. The number of nitrogens with zero attached hydrogens (tertiary/aromatic N) is 1. The van der Waals surface area contributed by atoms with E-state index in [1.165, 1.54) is 63.6 Å². The molecule has 0 N–H and O–H groups in total. The van der Waals surface area contributed by atoms with Crippen molar-refractivity contribution in [3.8, 4) is 0 Å². The van der Waals surface area contributed by atoms with Gasteiger partial charge in [0.15, 0.2) is 0 Å². The molecule has 0 radical (unpaired) electrons. The van der Waals surface area contributed by atoms with Crippen LogP contribution in [0.2, 0.25) is 0 Å². The number of aryl methyl sites for hydroxylation is 1. The maximum Gasteiger partial charge on any atom is 0.0252 e. The molecule has 0 spiro atoms. The minimum Gasteiger partial charge on any atom is -0.297 e. The summed E-state index contributed by atoms with van der Waals surface area (Å²) in [4.78, 5) is 2.71. The maximum atomic E-state index is 2.71. The highest BCUT2D eigenvalue weighted by Crippen LogP contribution is 2.35. The predicted molar refractivity (Wildman–Crippen MR) is 76.7 cm³/mol. The largest absolute Gasteiger partial charge is 0.297 e. The Morgan fingerprint density at radius 1 is 1.00 bits per heavy atom. The van der Waals surface area contributed by atoms with Gasteiger partial charge >= 0.3 is 0 Å². The fourth-order valence-corrected chi connectivity index (χ4v) is 3.55. The lowest BCUT2D eigenvalue weighted by Gasteiger charge is -2.21. The summed E-state index contributed by atoms with van der Waals surface area (Å²) in [6.07, 6.45) is 10.0. The van der Waals surface area contributed by atoms with Crippen LogP contribution in [0.4, 0.5) is 0 Å². The molecule has 2 aliphatic rings. The summed E-state index contributed by atoms with van der Waals surface area (Å²) >= 11 is 0. The molecular formula is C17H25N. The van der Waals surface area contributed by atoms with Crippen LogP contribution in [-0.2, 0) is 6.42 Å². The second kappa shape index (κ2) is 5.88. The zero-order chi connectivity index (χ0) is 12.2. The van der Waals surface area contributed by atoms with Crippen LogP contribution in [0.15, 0.2) is 30.3 Å². The second-order valence-corrected chi connectivity index (χ2v) is 6.05. The van der Waals surface area contributed by atoms with Gasteiger partial charge in [-0.1, -0.05) is 49.6 Å². The molecule has 1 heterocycles. The molecule has 1 saturated heterocycles. The highest BCUT2D eigenvalue weighted by molar-refractivity contribution is 5.14. The summed E-state index contributed by atoms with van der Waals surface area (Å²) in [7, 11) is 0. The van der Waals surface area contributed by atoms with Gasteiger partial charge in [0, 0.05) is 12.6 Å². The highest BCUT2D eigenvalue weighted by Gasteiger charge is 2.39. The molecule has 0 amide bonds. The van der Waals surface area contributed by atoms with Gasteiger partial charge in [-0.05, 0) is 43.7 Å². The maximum absolute atomic E-state index is 2.71. The molecule has 2 fully saturated rings. The van der Waals surface area contributed by atoms with E-state index in [2.05, 4.69) is 35.2 Å². The van der Waals surface area contributed by atoms with E-state index in [9.17, 15) is 0 Å². The molecule has 1 heteroatoms. The molecule has 3 rings (SSSR count). The molecule has 1 aliphatic heterocycles. The Kier molecular flexibility index (Phi) is 3.99. The number of hydrogen-bond donors (Lipinski definition) is 0. The minimum atomic E-state index is 0.959. The van der Waals surface area contributed by atoms with Gasteiger partial charge in [0.05, 0.1) is 0 Å². The lowest BCUT2D eigenvalue weighted by Crippen LogP contribution is -2.17. The van der Waals surface area contributed by atoms with Crippen molar-refractivity contribution in [2.75, 3.05) is 13.1 Å². The summed E-state index contributed by atoms with van der Waals surface area (Å²) in [6, 6.07) is 11.9. The van der Waals surface area contributed by atoms with Crippen molar-refractivity contribution < 1.29 is 0 Å². The van der Waals surface area contributed by atoms with Crippen molar-refractivity contribution in [2.45, 2.75) is 51.0 Å². The fourth-order valence-electron chi connectivity index (χ4n) is 3.55. The molecule has 1 nitrogen and oxygen atoms in total. The molecule has 0 bridgehead atoms. The van der Waals surface area contributed by atoms with Crippen LogP contribution in [0, 0.1) is 5.92 Å². The Labute approximate surface area is 111 Å². The molecule has 2 atom stereocenters. The normalized spacial score (nSPS) is 28.2. The zero-order valence-corrected chi connectivity index (χ0v) is 11.4. The van der Waals surface area contributed by atoms with E-state index in [1.54, 1.807) is 0 Å². The minimum absolute atomic E-state index is 0.959. The van der Waals surface area contributed by atoms with Crippen LogP contribution in [0.25, 0.3) is 0 Å². The molecule has 98 valence electrons. The van der Waals surface area contributed by atoms with E-state index in [0.717, 1.165) is 12.0 Å². The summed E-state index contributed by atoms with van der Waals surface area (Å²) < 4.78 is 0. The Hall–Kier alpha value is -0.820. The van der Waals surface area contributed by atoms with Crippen LogP contribution >= 0.6 is 0 Å². The molecule has 1 saturated carbocycles. The number of rotatable bonds is 5. The molecule has 18 heavy (non-hydrogen) atoms. The number of hydrogen-bond acceptors (Lipinski definition) is 1. The van der Waals surface area contributed by atoms with Gasteiger partial charge < -0.3 is 0 Å². The summed E-state index contributed by atoms with van der Waals surface area (Å²) in [5.74, 6) is 1.04. The van der Waals surface area contributed by atoms with Gasteiger partial charge in [-0.25, -0.2) is 0 Å². The van der Waals surface area contributed by atoms with Crippen molar-refractivity contribution in [3.63, 3.8) is 0 Å². The van der Waals surface area contributed by atoms with E-state index in [-0.39, 0.29) is 0 Å². The van der Waals surface area contributed by atoms with Gasteiger partial charge in [-0.2, -0.15) is 0 Å². The first-order valence-corrected chi connectivity index (χ1v) is 7.71. The van der Waals surface area contributed by atoms with Crippen molar-refractivity contribution in [1.29, 1.82) is 0 Å². The first-order chi connectivity index (χ1) is 8.93. The molecular weight excluding hydrogens is 218 g/mol. The molecule has 1 aliphatic carbocycles. The van der Waals surface area contributed by atoms with Crippen LogP contribution in [-0.4, -0.2) is 24.0 Å². The van der Waals surface area contributed by atoms with Crippen molar-refractivity contribution in [2.24, 2.45) is 5.92 Å². The Bertz CT molecular complexity index is 353. The summed E-state index contributed by atoms with van der Waals surface area (Å²) in [6.45, 7) is 2.70. The predicted octanol–water partition coefficient (Wildman–Crippen LogP) is 3.88. The van der Waals surface area contributed by atoms with Gasteiger partial charge in [-0.3, -0.25) is 4.90 Å². The molecule has 1 aromatic carbocycles. The molecule has 1 unspecified atom stereocenters. The van der Waals surface area contributed by atoms with Crippen LogP contribution in [0.5, 0.6) is 0 Å². The average molecular weight is 243 g/mol. The van der Waals surface area contributed by atoms with Gasteiger partial charge in [-0.15, -0.1) is 0 Å². The van der Waals surface area contributed by atoms with Gasteiger partial charge in [0.2, 0.25) is 0 Å². The Morgan fingerprint density at radius 2 is 1.78 bits per heavy atom. The highest BCUT2D eigenvalue weighted by atomic mass is 15.3. The van der Waals surface area contributed by atoms with Crippen molar-refractivity contribution >= 4 is 0 Å². The molecule has 1 aromatic rings. The smallest absolute Gasteiger partial charge is 0.0252 e. The van der Waals surface area contributed by atoms with Crippen LogP contribution < -0.4 is 0 Å². The number of benzene rings is 1. The third kappa shape index (κ3) is 3.14. The SMILES string of the molecule is c1ccc(CCCN2C[C@@H]2C2CCCCC2)cc1. The lowest BCUT2D eigenvalue weighted by atomic mass is 9.87. The third-order valence-electron chi connectivity index (χ3n) is 4.70. The van der Waals surface area contributed by atoms with Crippen LogP contribution in [0.1, 0.15) is 44.1 Å². The zero-order valence-electron chi connectivity index (χ0n) is 11.4. The summed E-state index contributed by atoms with van der Waals surface area (Å²) in [5, 5.41) is 0. The van der Waals surface area contributed by atoms with E-state index in [0.29, 0.717) is 0 Å².